The molecule has 124 valence electrons. The van der Waals surface area contributed by atoms with Crippen molar-refractivity contribution in [3.05, 3.63) is 53.1 Å². The molecule has 1 aromatic carbocycles. The Morgan fingerprint density at radius 2 is 2.04 bits per heavy atom. The van der Waals surface area contributed by atoms with Crippen molar-refractivity contribution in [2.75, 3.05) is 11.9 Å². The molecule has 2 heterocycles. The minimum absolute atomic E-state index is 0.0651. The Bertz CT molecular complexity index is 773. The molecule has 7 nitrogen and oxygen atoms in total. The summed E-state index contributed by atoms with van der Waals surface area (Å²) in [5.74, 6) is -0.626. The SMILES string of the molecule is CC(=O)Nc1ccc(CN2CCc3cnc(C(N)=O)nc3C2)cc1. The number of rotatable bonds is 4. The molecule has 0 unspecified atom stereocenters. The fourth-order valence-corrected chi connectivity index (χ4v) is 2.77. The lowest BCUT2D eigenvalue weighted by molar-refractivity contribution is -0.114. The highest BCUT2D eigenvalue weighted by molar-refractivity contribution is 5.89. The van der Waals surface area contributed by atoms with E-state index in [0.29, 0.717) is 6.54 Å². The van der Waals surface area contributed by atoms with E-state index in [9.17, 15) is 9.59 Å². The van der Waals surface area contributed by atoms with Crippen LogP contribution in [0.1, 0.15) is 34.4 Å². The predicted molar refractivity (Wildman–Crippen MR) is 89.1 cm³/mol. The monoisotopic (exact) mass is 325 g/mol. The van der Waals surface area contributed by atoms with Gasteiger partial charge in [-0.05, 0) is 29.7 Å². The van der Waals surface area contributed by atoms with Crippen LogP contribution in [0, 0.1) is 0 Å². The summed E-state index contributed by atoms with van der Waals surface area (Å²) < 4.78 is 0. The second-order valence-corrected chi connectivity index (χ2v) is 5.87. The van der Waals surface area contributed by atoms with Gasteiger partial charge in [0.25, 0.3) is 5.91 Å². The number of nitrogens with one attached hydrogen (secondary N) is 1. The van der Waals surface area contributed by atoms with Crippen molar-refractivity contribution in [3.63, 3.8) is 0 Å². The Balaban J connectivity index is 1.68. The Morgan fingerprint density at radius 1 is 1.29 bits per heavy atom. The molecule has 1 aliphatic heterocycles. The number of primary amides is 1. The van der Waals surface area contributed by atoms with Crippen LogP contribution >= 0.6 is 0 Å². The Hall–Kier alpha value is -2.80. The van der Waals surface area contributed by atoms with Gasteiger partial charge in [0.2, 0.25) is 11.7 Å². The van der Waals surface area contributed by atoms with Crippen LogP contribution in [-0.2, 0) is 24.3 Å². The van der Waals surface area contributed by atoms with Crippen molar-refractivity contribution in [3.8, 4) is 0 Å². The largest absolute Gasteiger partial charge is 0.363 e. The second kappa shape index (κ2) is 6.76. The standard InChI is InChI=1S/C17H19N5O2/c1-11(23)20-14-4-2-12(3-5-14)9-22-7-6-13-8-19-17(16(18)24)21-15(13)10-22/h2-5,8H,6-7,9-10H2,1H3,(H2,18,24)(H,20,23). The molecule has 7 heteroatoms. The highest BCUT2D eigenvalue weighted by Crippen LogP contribution is 2.19. The summed E-state index contributed by atoms with van der Waals surface area (Å²) in [5.41, 5.74) is 9.11. The van der Waals surface area contributed by atoms with Gasteiger partial charge in [-0.1, -0.05) is 12.1 Å². The number of nitrogens with zero attached hydrogens (tertiary/aromatic N) is 3. The first-order valence-electron chi connectivity index (χ1n) is 7.75. The highest BCUT2D eigenvalue weighted by atomic mass is 16.1. The van der Waals surface area contributed by atoms with Gasteiger partial charge < -0.3 is 11.1 Å². The van der Waals surface area contributed by atoms with Crippen LogP contribution in [0.3, 0.4) is 0 Å². The third-order valence-electron chi connectivity index (χ3n) is 3.93. The number of anilines is 1. The molecule has 0 atom stereocenters. The van der Waals surface area contributed by atoms with E-state index in [-0.39, 0.29) is 11.7 Å². The van der Waals surface area contributed by atoms with Crippen molar-refractivity contribution in [1.82, 2.24) is 14.9 Å². The van der Waals surface area contributed by atoms with Crippen LogP contribution in [0.5, 0.6) is 0 Å². The summed E-state index contributed by atoms with van der Waals surface area (Å²) in [6.45, 7) is 3.82. The zero-order valence-electron chi connectivity index (χ0n) is 13.5. The van der Waals surface area contributed by atoms with E-state index in [1.165, 1.54) is 6.92 Å². The first-order valence-corrected chi connectivity index (χ1v) is 7.75. The van der Waals surface area contributed by atoms with Crippen LogP contribution < -0.4 is 11.1 Å². The lowest BCUT2D eigenvalue weighted by Gasteiger charge is -2.27. The number of amides is 2. The molecular weight excluding hydrogens is 306 g/mol. The summed E-state index contributed by atoms with van der Waals surface area (Å²) in [4.78, 5) is 32.8. The van der Waals surface area contributed by atoms with Crippen molar-refractivity contribution in [2.45, 2.75) is 26.4 Å². The fourth-order valence-electron chi connectivity index (χ4n) is 2.77. The topological polar surface area (TPSA) is 101 Å². The molecule has 0 radical (unpaired) electrons. The van der Waals surface area contributed by atoms with Gasteiger partial charge in [0.15, 0.2) is 0 Å². The third kappa shape index (κ3) is 3.75. The van der Waals surface area contributed by atoms with E-state index < -0.39 is 5.91 Å². The van der Waals surface area contributed by atoms with E-state index in [2.05, 4.69) is 20.2 Å². The molecule has 0 saturated heterocycles. The number of hydrogen-bond donors (Lipinski definition) is 2. The van der Waals surface area contributed by atoms with Gasteiger partial charge in [0, 0.05) is 38.4 Å². The normalized spacial score (nSPS) is 14.0. The van der Waals surface area contributed by atoms with Crippen molar-refractivity contribution < 1.29 is 9.59 Å². The number of hydrogen-bond acceptors (Lipinski definition) is 5. The maximum atomic E-state index is 11.2. The number of carbonyl (C=O) groups is 2. The van der Waals surface area contributed by atoms with Crippen LogP contribution in [-0.4, -0.2) is 33.2 Å². The van der Waals surface area contributed by atoms with E-state index in [1.807, 2.05) is 24.3 Å². The molecule has 2 aromatic rings. The highest BCUT2D eigenvalue weighted by Gasteiger charge is 2.19. The average molecular weight is 325 g/mol. The molecule has 24 heavy (non-hydrogen) atoms. The third-order valence-corrected chi connectivity index (χ3v) is 3.93. The van der Waals surface area contributed by atoms with Crippen LogP contribution in [0.25, 0.3) is 0 Å². The first-order chi connectivity index (χ1) is 11.5. The van der Waals surface area contributed by atoms with Crippen LogP contribution in [0.4, 0.5) is 5.69 Å². The summed E-state index contributed by atoms with van der Waals surface area (Å²) in [6, 6.07) is 7.77. The first kappa shape index (κ1) is 16.1. The molecule has 0 aliphatic carbocycles. The number of benzene rings is 1. The van der Waals surface area contributed by atoms with Gasteiger partial charge in [-0.3, -0.25) is 14.5 Å². The van der Waals surface area contributed by atoms with Gasteiger partial charge in [-0.15, -0.1) is 0 Å². The Kier molecular flexibility index (Phi) is 4.52. The smallest absolute Gasteiger partial charge is 0.286 e. The Morgan fingerprint density at radius 3 is 2.71 bits per heavy atom. The van der Waals surface area contributed by atoms with Crippen molar-refractivity contribution in [1.29, 1.82) is 0 Å². The summed E-state index contributed by atoms with van der Waals surface area (Å²) >= 11 is 0. The van der Waals surface area contributed by atoms with Gasteiger partial charge in [-0.25, -0.2) is 9.97 Å². The van der Waals surface area contributed by atoms with Gasteiger partial charge in [-0.2, -0.15) is 0 Å². The molecule has 3 rings (SSSR count). The summed E-state index contributed by atoms with van der Waals surface area (Å²) in [6.07, 6.45) is 2.54. The predicted octanol–water partition coefficient (Wildman–Crippen LogP) is 1.09. The van der Waals surface area contributed by atoms with Crippen LogP contribution in [0.15, 0.2) is 30.5 Å². The molecule has 3 N–H and O–H groups in total. The number of carbonyl (C=O) groups excluding carboxylic acids is 2. The number of nitrogens with two attached hydrogens (primary N) is 1. The van der Waals surface area contributed by atoms with Gasteiger partial charge >= 0.3 is 0 Å². The molecule has 1 aromatic heterocycles. The average Bonchev–Trinajstić information content (AvgIpc) is 2.55. The lowest BCUT2D eigenvalue weighted by atomic mass is 10.1. The zero-order valence-corrected chi connectivity index (χ0v) is 13.5. The Labute approximate surface area is 139 Å². The van der Waals surface area contributed by atoms with Gasteiger partial charge in [0.05, 0.1) is 5.69 Å². The minimum atomic E-state index is -0.608. The minimum Gasteiger partial charge on any atom is -0.363 e. The molecule has 0 saturated carbocycles. The second-order valence-electron chi connectivity index (χ2n) is 5.87. The van der Waals surface area contributed by atoms with E-state index in [1.54, 1.807) is 6.20 Å². The molecule has 0 fully saturated rings. The van der Waals surface area contributed by atoms with E-state index in [4.69, 9.17) is 5.73 Å². The maximum Gasteiger partial charge on any atom is 0.286 e. The molecule has 0 spiro atoms. The zero-order chi connectivity index (χ0) is 17.1. The number of aromatic nitrogens is 2. The van der Waals surface area contributed by atoms with Crippen molar-refractivity contribution in [2.24, 2.45) is 5.73 Å². The van der Waals surface area contributed by atoms with Crippen LogP contribution in [0.2, 0.25) is 0 Å². The number of fused-ring (bicyclic) bond motifs is 1. The molecular formula is C17H19N5O2. The quantitative estimate of drug-likeness (QED) is 0.876. The van der Waals surface area contributed by atoms with Crippen molar-refractivity contribution >= 4 is 17.5 Å². The molecule has 1 aliphatic rings. The van der Waals surface area contributed by atoms with E-state index in [0.717, 1.165) is 42.0 Å². The van der Waals surface area contributed by atoms with Gasteiger partial charge in [0.1, 0.15) is 0 Å². The van der Waals surface area contributed by atoms with E-state index >= 15 is 0 Å². The molecule has 2 amide bonds. The fraction of sp³-hybridized carbons (Fsp3) is 0.294. The molecule has 0 bridgehead atoms. The summed E-state index contributed by atoms with van der Waals surface area (Å²) in [5, 5.41) is 2.75. The maximum absolute atomic E-state index is 11.2. The lowest BCUT2D eigenvalue weighted by Crippen LogP contribution is -2.32. The summed E-state index contributed by atoms with van der Waals surface area (Å²) in [7, 11) is 0.